The number of sulfonamides is 1. The molecule has 0 aliphatic carbocycles. The van der Waals surface area contributed by atoms with Gasteiger partial charge in [-0.25, -0.2) is 13.6 Å². The molecule has 0 fully saturated rings. The largest absolute Gasteiger partial charge is 0.455 e. The minimum absolute atomic E-state index is 0.00340. The summed E-state index contributed by atoms with van der Waals surface area (Å²) in [5.74, 6) is -0.190. The van der Waals surface area contributed by atoms with Crippen molar-refractivity contribution in [3.63, 3.8) is 0 Å². The number of aryl methyl sites for hydroxylation is 1. The highest BCUT2D eigenvalue weighted by Crippen LogP contribution is 2.20. The second kappa shape index (κ2) is 5.75. The van der Waals surface area contributed by atoms with E-state index >= 15 is 0 Å². The van der Waals surface area contributed by atoms with Crippen LogP contribution in [0.3, 0.4) is 0 Å². The molecular formula is C12H20N2O4S. The van der Waals surface area contributed by atoms with Gasteiger partial charge in [-0.15, -0.1) is 0 Å². The van der Waals surface area contributed by atoms with Gasteiger partial charge in [0, 0.05) is 18.7 Å². The number of hydrogen-bond acceptors (Lipinski definition) is 4. The second-order valence-electron chi connectivity index (χ2n) is 4.67. The molecule has 0 saturated carbocycles. The zero-order valence-corrected chi connectivity index (χ0v) is 12.5. The molecule has 2 N–H and O–H groups in total. The van der Waals surface area contributed by atoms with Crippen molar-refractivity contribution >= 4 is 15.9 Å². The quantitative estimate of drug-likeness (QED) is 0.888. The molecule has 1 rings (SSSR count). The Morgan fingerprint density at radius 3 is 2.42 bits per heavy atom. The van der Waals surface area contributed by atoms with Gasteiger partial charge >= 0.3 is 0 Å². The minimum Gasteiger partial charge on any atom is -0.455 e. The number of carbonyl (C=O) groups excluding carboxylic acids is 1. The van der Waals surface area contributed by atoms with Gasteiger partial charge in [0.2, 0.25) is 10.0 Å². The first-order valence-corrected chi connectivity index (χ1v) is 7.67. The second-order valence-corrected chi connectivity index (χ2v) is 6.20. The number of carbonyl (C=O) groups is 1. The predicted molar refractivity (Wildman–Crippen MR) is 71.3 cm³/mol. The fourth-order valence-electron chi connectivity index (χ4n) is 1.83. The Hall–Kier alpha value is -1.34. The average Bonchev–Trinajstić information content (AvgIpc) is 2.66. The van der Waals surface area contributed by atoms with Gasteiger partial charge in [0.1, 0.15) is 10.7 Å². The molecule has 0 bridgehead atoms. The van der Waals surface area contributed by atoms with E-state index in [0.717, 1.165) is 6.42 Å². The summed E-state index contributed by atoms with van der Waals surface area (Å²) in [5, 5.41) is 5.05. The molecule has 1 aromatic heterocycles. The van der Waals surface area contributed by atoms with Crippen LogP contribution in [0.4, 0.5) is 0 Å². The number of hydrogen-bond donors (Lipinski definition) is 1. The maximum atomic E-state index is 12.3. The van der Waals surface area contributed by atoms with Crippen LogP contribution in [0.2, 0.25) is 0 Å². The summed E-state index contributed by atoms with van der Waals surface area (Å²) < 4.78 is 27.9. The van der Waals surface area contributed by atoms with Crippen LogP contribution in [0, 0.1) is 6.92 Å². The third-order valence-electron chi connectivity index (χ3n) is 2.74. The third kappa shape index (κ3) is 3.57. The van der Waals surface area contributed by atoms with E-state index in [-0.39, 0.29) is 28.4 Å². The number of primary sulfonamides is 1. The summed E-state index contributed by atoms with van der Waals surface area (Å²) in [4.78, 5) is 13.8. The molecule has 0 spiro atoms. The number of amides is 1. The monoisotopic (exact) mass is 288 g/mol. The third-order valence-corrected chi connectivity index (χ3v) is 3.76. The van der Waals surface area contributed by atoms with Gasteiger partial charge in [-0.3, -0.25) is 4.79 Å². The summed E-state index contributed by atoms with van der Waals surface area (Å²) in [6.07, 6.45) is 0.811. The summed E-state index contributed by atoms with van der Waals surface area (Å²) in [6.45, 7) is 7.80. The smallest absolute Gasteiger partial charge is 0.289 e. The first-order valence-electron chi connectivity index (χ1n) is 6.12. The normalized spacial score (nSPS) is 11.9. The molecule has 1 aromatic rings. The first-order chi connectivity index (χ1) is 8.68. The zero-order chi connectivity index (χ0) is 14.8. The van der Waals surface area contributed by atoms with Crippen molar-refractivity contribution in [1.29, 1.82) is 0 Å². The molecule has 1 amide bonds. The van der Waals surface area contributed by atoms with Crippen molar-refractivity contribution in [2.75, 3.05) is 6.54 Å². The van der Waals surface area contributed by atoms with Crippen molar-refractivity contribution in [2.45, 2.75) is 45.1 Å². The zero-order valence-electron chi connectivity index (χ0n) is 11.6. The van der Waals surface area contributed by atoms with Crippen molar-refractivity contribution in [1.82, 2.24) is 4.90 Å². The molecule has 0 saturated heterocycles. The molecule has 108 valence electrons. The summed E-state index contributed by atoms with van der Waals surface area (Å²) in [7, 11) is -3.87. The maximum absolute atomic E-state index is 12.3. The molecule has 1 heterocycles. The van der Waals surface area contributed by atoms with Crippen LogP contribution in [-0.2, 0) is 10.0 Å². The Morgan fingerprint density at radius 1 is 1.47 bits per heavy atom. The van der Waals surface area contributed by atoms with Gasteiger partial charge < -0.3 is 9.32 Å². The van der Waals surface area contributed by atoms with Crippen molar-refractivity contribution in [3.8, 4) is 0 Å². The molecule has 0 aromatic carbocycles. The summed E-state index contributed by atoms with van der Waals surface area (Å²) in [5.41, 5.74) is 0. The lowest BCUT2D eigenvalue weighted by molar-refractivity contribution is 0.0672. The Balaban J connectivity index is 3.13. The number of furan rings is 1. The van der Waals surface area contributed by atoms with Gasteiger partial charge in [0.15, 0.2) is 5.76 Å². The lowest BCUT2D eigenvalue weighted by Gasteiger charge is -2.25. The molecule has 6 nitrogen and oxygen atoms in total. The molecule has 0 aliphatic heterocycles. The standard InChI is InChI=1S/C12H20N2O4S/c1-5-6-14(8(2)3)12(15)10-7-11(9(4)18-10)19(13,16)17/h7-8H,5-6H2,1-4H3,(H2,13,16,17). The first kappa shape index (κ1) is 15.7. The van der Waals surface area contributed by atoms with Crippen LogP contribution < -0.4 is 5.14 Å². The molecule has 7 heteroatoms. The van der Waals surface area contributed by atoms with Crippen LogP contribution in [0.5, 0.6) is 0 Å². The number of rotatable bonds is 5. The van der Waals surface area contributed by atoms with Gasteiger partial charge in [0.05, 0.1) is 0 Å². The van der Waals surface area contributed by atoms with E-state index in [2.05, 4.69) is 0 Å². The molecule has 0 unspecified atom stereocenters. The molecule has 0 aliphatic rings. The highest BCUT2D eigenvalue weighted by molar-refractivity contribution is 7.89. The van der Waals surface area contributed by atoms with Crippen LogP contribution >= 0.6 is 0 Å². The van der Waals surface area contributed by atoms with Crippen molar-refractivity contribution < 1.29 is 17.6 Å². The van der Waals surface area contributed by atoms with Crippen LogP contribution in [0.1, 0.15) is 43.5 Å². The number of nitrogens with zero attached hydrogens (tertiary/aromatic N) is 1. The van der Waals surface area contributed by atoms with Gasteiger partial charge in [-0.05, 0) is 27.2 Å². The van der Waals surface area contributed by atoms with E-state index in [1.54, 1.807) is 4.90 Å². The Kier molecular flexibility index (Phi) is 4.75. The van der Waals surface area contributed by atoms with Crippen LogP contribution in [0.15, 0.2) is 15.4 Å². The summed E-state index contributed by atoms with van der Waals surface area (Å²) in [6, 6.07) is 1.20. The van der Waals surface area contributed by atoms with E-state index in [1.807, 2.05) is 20.8 Å². The maximum Gasteiger partial charge on any atom is 0.289 e. The van der Waals surface area contributed by atoms with Gasteiger partial charge in [0.25, 0.3) is 5.91 Å². The van der Waals surface area contributed by atoms with E-state index in [9.17, 15) is 13.2 Å². The lowest BCUT2D eigenvalue weighted by Crippen LogP contribution is -2.37. The Morgan fingerprint density at radius 2 is 2.05 bits per heavy atom. The fourth-order valence-corrected chi connectivity index (χ4v) is 2.54. The topological polar surface area (TPSA) is 93.6 Å². The lowest BCUT2D eigenvalue weighted by atomic mass is 10.2. The highest BCUT2D eigenvalue weighted by atomic mass is 32.2. The van der Waals surface area contributed by atoms with E-state index in [4.69, 9.17) is 9.56 Å². The molecule has 0 atom stereocenters. The van der Waals surface area contributed by atoms with Crippen LogP contribution in [-0.4, -0.2) is 31.8 Å². The van der Waals surface area contributed by atoms with Gasteiger partial charge in [-0.1, -0.05) is 6.92 Å². The van der Waals surface area contributed by atoms with Crippen LogP contribution in [0.25, 0.3) is 0 Å². The van der Waals surface area contributed by atoms with Crippen molar-refractivity contribution in [2.24, 2.45) is 5.14 Å². The Bertz CT molecular complexity index is 560. The fraction of sp³-hybridized carbons (Fsp3) is 0.583. The predicted octanol–water partition coefficient (Wildman–Crippen LogP) is 1.50. The minimum atomic E-state index is -3.87. The molecule has 19 heavy (non-hydrogen) atoms. The molecular weight excluding hydrogens is 268 g/mol. The van der Waals surface area contributed by atoms with E-state index in [1.165, 1.54) is 13.0 Å². The van der Waals surface area contributed by atoms with Crippen molar-refractivity contribution in [3.05, 3.63) is 17.6 Å². The Labute approximate surface area is 113 Å². The summed E-state index contributed by atoms with van der Waals surface area (Å²) >= 11 is 0. The van der Waals surface area contributed by atoms with E-state index in [0.29, 0.717) is 6.54 Å². The number of nitrogens with two attached hydrogens (primary N) is 1. The van der Waals surface area contributed by atoms with Gasteiger partial charge in [-0.2, -0.15) is 0 Å². The molecule has 0 radical (unpaired) electrons. The van der Waals surface area contributed by atoms with E-state index < -0.39 is 10.0 Å². The highest BCUT2D eigenvalue weighted by Gasteiger charge is 2.25. The SMILES string of the molecule is CCCN(C(=O)c1cc(S(N)(=O)=O)c(C)o1)C(C)C. The average molecular weight is 288 g/mol.